The Bertz CT molecular complexity index is 890. The highest BCUT2D eigenvalue weighted by Gasteiger charge is 2.37. The van der Waals surface area contributed by atoms with E-state index in [9.17, 15) is 19.8 Å². The van der Waals surface area contributed by atoms with Crippen molar-refractivity contribution >= 4 is 22.9 Å². The SMILES string of the molecule is CN(C)CCNc1ccc(N)c2c1C(=O)c1c(O)ccc(O)c1C2=O. The second-order valence-electron chi connectivity index (χ2n) is 6.19. The van der Waals surface area contributed by atoms with Crippen LogP contribution >= 0.6 is 0 Å². The fourth-order valence-electron chi connectivity index (χ4n) is 2.95. The molecule has 1 aliphatic carbocycles. The molecule has 7 heteroatoms. The Kier molecular flexibility index (Phi) is 4.10. The van der Waals surface area contributed by atoms with E-state index in [-0.39, 0.29) is 39.4 Å². The highest BCUT2D eigenvalue weighted by Crippen LogP contribution is 2.41. The third-order valence-corrected chi connectivity index (χ3v) is 4.18. The first-order chi connectivity index (χ1) is 11.8. The molecule has 0 saturated carbocycles. The number of carbonyl (C=O) groups is 2. The number of rotatable bonds is 4. The van der Waals surface area contributed by atoms with Crippen molar-refractivity contribution in [3.05, 3.63) is 46.5 Å². The summed E-state index contributed by atoms with van der Waals surface area (Å²) >= 11 is 0. The van der Waals surface area contributed by atoms with E-state index < -0.39 is 11.6 Å². The first-order valence-corrected chi connectivity index (χ1v) is 7.78. The molecule has 0 amide bonds. The number of phenolic OH excluding ortho intramolecular Hbond substituents is 2. The van der Waals surface area contributed by atoms with Crippen molar-refractivity contribution in [1.29, 1.82) is 0 Å². The zero-order valence-corrected chi connectivity index (χ0v) is 14.0. The quantitative estimate of drug-likeness (QED) is 0.419. The fraction of sp³-hybridized carbons (Fsp3) is 0.222. The van der Waals surface area contributed by atoms with E-state index in [1.54, 1.807) is 12.1 Å². The second kappa shape index (κ2) is 6.10. The van der Waals surface area contributed by atoms with Gasteiger partial charge in [0.2, 0.25) is 11.6 Å². The number of ketones is 2. The first kappa shape index (κ1) is 16.8. The van der Waals surface area contributed by atoms with Crippen molar-refractivity contribution in [2.45, 2.75) is 0 Å². The number of nitrogens with zero attached hydrogens (tertiary/aromatic N) is 1. The Labute approximate surface area is 144 Å². The predicted octanol–water partition coefficient (Wildman–Crippen LogP) is 1.43. The normalized spacial score (nSPS) is 12.9. The number of carbonyl (C=O) groups excluding carboxylic acids is 2. The topological polar surface area (TPSA) is 116 Å². The third-order valence-electron chi connectivity index (χ3n) is 4.18. The highest BCUT2D eigenvalue weighted by molar-refractivity contribution is 6.33. The molecular formula is C18H19N3O4. The lowest BCUT2D eigenvalue weighted by Gasteiger charge is -2.23. The van der Waals surface area contributed by atoms with Crippen LogP contribution in [-0.4, -0.2) is 53.9 Å². The maximum atomic E-state index is 13.0. The number of aromatic hydroxyl groups is 2. The zero-order chi connectivity index (χ0) is 18.3. The minimum Gasteiger partial charge on any atom is -0.507 e. The summed E-state index contributed by atoms with van der Waals surface area (Å²) in [7, 11) is 3.84. The molecule has 0 radical (unpaired) electrons. The Morgan fingerprint density at radius 1 is 0.920 bits per heavy atom. The molecule has 5 N–H and O–H groups in total. The molecule has 0 fully saturated rings. The van der Waals surface area contributed by atoms with Gasteiger partial charge >= 0.3 is 0 Å². The number of nitrogens with two attached hydrogens (primary N) is 1. The van der Waals surface area contributed by atoms with Gasteiger partial charge in [0.25, 0.3) is 0 Å². The monoisotopic (exact) mass is 341 g/mol. The van der Waals surface area contributed by atoms with Crippen LogP contribution in [0.25, 0.3) is 0 Å². The van der Waals surface area contributed by atoms with E-state index in [1.165, 1.54) is 12.1 Å². The van der Waals surface area contributed by atoms with Gasteiger partial charge in [-0.3, -0.25) is 9.59 Å². The van der Waals surface area contributed by atoms with Crippen molar-refractivity contribution in [2.24, 2.45) is 0 Å². The smallest absolute Gasteiger partial charge is 0.200 e. The molecule has 0 saturated heterocycles. The molecule has 7 nitrogen and oxygen atoms in total. The van der Waals surface area contributed by atoms with Crippen LogP contribution in [0.3, 0.4) is 0 Å². The van der Waals surface area contributed by atoms with Crippen molar-refractivity contribution in [3.8, 4) is 11.5 Å². The van der Waals surface area contributed by atoms with E-state index in [0.29, 0.717) is 12.2 Å². The number of likely N-dealkylation sites (N-methyl/N-ethyl adjacent to an activating group) is 1. The minimum absolute atomic E-state index is 0.0493. The van der Waals surface area contributed by atoms with Gasteiger partial charge in [-0.25, -0.2) is 0 Å². The molecule has 0 atom stereocenters. The summed E-state index contributed by atoms with van der Waals surface area (Å²) in [5.74, 6) is -1.83. The van der Waals surface area contributed by atoms with E-state index in [4.69, 9.17) is 5.73 Å². The number of benzene rings is 2. The molecule has 0 unspecified atom stereocenters. The summed E-state index contributed by atoms with van der Waals surface area (Å²) < 4.78 is 0. The molecule has 0 aliphatic heterocycles. The van der Waals surface area contributed by atoms with Gasteiger partial charge in [-0.1, -0.05) is 0 Å². The maximum absolute atomic E-state index is 13.0. The third kappa shape index (κ3) is 2.68. The van der Waals surface area contributed by atoms with Crippen molar-refractivity contribution < 1.29 is 19.8 Å². The van der Waals surface area contributed by atoms with Gasteiger partial charge in [-0.15, -0.1) is 0 Å². The number of nitrogen functional groups attached to an aromatic ring is 1. The van der Waals surface area contributed by atoms with Gasteiger partial charge < -0.3 is 26.2 Å². The molecule has 25 heavy (non-hydrogen) atoms. The van der Waals surface area contributed by atoms with E-state index >= 15 is 0 Å². The lowest BCUT2D eigenvalue weighted by molar-refractivity contribution is 0.0975. The van der Waals surface area contributed by atoms with Crippen LogP contribution in [0, 0.1) is 0 Å². The van der Waals surface area contributed by atoms with Crippen LogP contribution in [0.1, 0.15) is 31.8 Å². The minimum atomic E-state index is -0.577. The molecule has 3 rings (SSSR count). The molecule has 1 aliphatic rings. The Morgan fingerprint density at radius 3 is 2.04 bits per heavy atom. The summed E-state index contributed by atoms with van der Waals surface area (Å²) in [5, 5.41) is 23.2. The average molecular weight is 341 g/mol. The molecule has 0 bridgehead atoms. The number of phenols is 2. The van der Waals surface area contributed by atoms with Crippen LogP contribution in [-0.2, 0) is 0 Å². The van der Waals surface area contributed by atoms with Gasteiger partial charge in [0, 0.05) is 24.5 Å². The van der Waals surface area contributed by atoms with Crippen LogP contribution in [0.5, 0.6) is 11.5 Å². The van der Waals surface area contributed by atoms with Crippen LogP contribution < -0.4 is 11.1 Å². The van der Waals surface area contributed by atoms with Gasteiger partial charge in [0.15, 0.2) is 0 Å². The fourth-order valence-corrected chi connectivity index (χ4v) is 2.95. The Balaban J connectivity index is 2.16. The number of fused-ring (bicyclic) bond motifs is 2. The lowest BCUT2D eigenvalue weighted by Crippen LogP contribution is -2.26. The summed E-state index contributed by atoms with van der Waals surface area (Å²) in [6.45, 7) is 1.29. The molecule has 0 aromatic heterocycles. The summed E-state index contributed by atoms with van der Waals surface area (Å²) in [4.78, 5) is 27.8. The van der Waals surface area contributed by atoms with Gasteiger partial charge in [-0.2, -0.15) is 0 Å². The van der Waals surface area contributed by atoms with Crippen molar-refractivity contribution in [1.82, 2.24) is 4.90 Å². The van der Waals surface area contributed by atoms with E-state index in [0.717, 1.165) is 6.54 Å². The molecule has 0 heterocycles. The Hall–Kier alpha value is -3.06. The Morgan fingerprint density at radius 2 is 1.48 bits per heavy atom. The molecule has 130 valence electrons. The molecule has 2 aromatic carbocycles. The van der Waals surface area contributed by atoms with Crippen LogP contribution in [0.2, 0.25) is 0 Å². The molecular weight excluding hydrogens is 322 g/mol. The number of anilines is 2. The summed E-state index contributed by atoms with van der Waals surface area (Å²) in [6, 6.07) is 5.56. The first-order valence-electron chi connectivity index (χ1n) is 7.78. The van der Waals surface area contributed by atoms with Crippen molar-refractivity contribution in [3.63, 3.8) is 0 Å². The predicted molar refractivity (Wildman–Crippen MR) is 94.5 cm³/mol. The van der Waals surface area contributed by atoms with E-state index in [1.807, 2.05) is 19.0 Å². The summed E-state index contributed by atoms with van der Waals surface area (Å²) in [6.07, 6.45) is 0. The van der Waals surface area contributed by atoms with Gasteiger partial charge in [0.05, 0.1) is 22.3 Å². The standard InChI is InChI=1S/C18H19N3O4/c1-21(2)8-7-20-10-4-3-9(19)13-14(10)18(25)16-12(23)6-5-11(22)15(16)17(13)24/h3-6,20,22-23H,7-8,19H2,1-2H3. The van der Waals surface area contributed by atoms with E-state index in [2.05, 4.69) is 5.32 Å². The number of hydrogen-bond donors (Lipinski definition) is 4. The second-order valence-corrected chi connectivity index (χ2v) is 6.19. The van der Waals surface area contributed by atoms with Crippen LogP contribution in [0.4, 0.5) is 11.4 Å². The number of nitrogens with one attached hydrogen (secondary N) is 1. The molecule has 2 aromatic rings. The average Bonchev–Trinajstić information content (AvgIpc) is 2.55. The van der Waals surface area contributed by atoms with Crippen molar-refractivity contribution in [2.75, 3.05) is 38.2 Å². The summed E-state index contributed by atoms with van der Waals surface area (Å²) in [5.41, 5.74) is 6.32. The molecule has 0 spiro atoms. The van der Waals surface area contributed by atoms with Gasteiger partial charge in [-0.05, 0) is 38.4 Å². The van der Waals surface area contributed by atoms with Crippen LogP contribution in [0.15, 0.2) is 24.3 Å². The number of hydrogen-bond acceptors (Lipinski definition) is 7. The largest absolute Gasteiger partial charge is 0.507 e. The lowest BCUT2D eigenvalue weighted by atomic mass is 9.81. The maximum Gasteiger partial charge on any atom is 0.200 e. The zero-order valence-electron chi connectivity index (χ0n) is 14.0. The van der Waals surface area contributed by atoms with Gasteiger partial charge in [0.1, 0.15) is 11.5 Å². The highest BCUT2D eigenvalue weighted by atomic mass is 16.3.